The predicted octanol–water partition coefficient (Wildman–Crippen LogP) is 2.30. The van der Waals surface area contributed by atoms with Gasteiger partial charge in [0.1, 0.15) is 15.8 Å². The van der Waals surface area contributed by atoms with Crippen molar-refractivity contribution in [1.29, 1.82) is 0 Å². The van der Waals surface area contributed by atoms with E-state index in [4.69, 9.17) is 16.3 Å². The maximum atomic E-state index is 13.2. The molecule has 24 heavy (non-hydrogen) atoms. The number of halogens is 2. The second-order valence-electron chi connectivity index (χ2n) is 5.30. The third-order valence-electron chi connectivity index (χ3n) is 3.93. The number of ether oxygens (including phenoxy) is 1. The Labute approximate surface area is 152 Å². The van der Waals surface area contributed by atoms with Gasteiger partial charge in [-0.25, -0.2) is 13.4 Å². The highest BCUT2D eigenvalue weighted by atomic mass is 35.5. The fourth-order valence-electron chi connectivity index (χ4n) is 2.79. The molecule has 132 valence electrons. The van der Waals surface area contributed by atoms with Crippen molar-refractivity contribution in [3.63, 3.8) is 0 Å². The van der Waals surface area contributed by atoms with E-state index in [9.17, 15) is 8.42 Å². The van der Waals surface area contributed by atoms with E-state index in [1.54, 1.807) is 18.2 Å². The Balaban J connectivity index is 0.00000208. The summed E-state index contributed by atoms with van der Waals surface area (Å²) in [7, 11) is -2.22. The van der Waals surface area contributed by atoms with Gasteiger partial charge in [0.2, 0.25) is 10.0 Å². The summed E-state index contributed by atoms with van der Waals surface area (Å²) in [5, 5.41) is 4.61. The number of hydrogen-bond acceptors (Lipinski definition) is 5. The molecule has 1 saturated heterocycles. The highest BCUT2D eigenvalue weighted by Gasteiger charge is 2.30. The van der Waals surface area contributed by atoms with Crippen molar-refractivity contribution in [2.75, 3.05) is 33.3 Å². The number of benzene rings is 1. The number of aromatic nitrogens is 1. The largest absolute Gasteiger partial charge is 0.495 e. The molecule has 0 saturated carbocycles. The zero-order chi connectivity index (χ0) is 16.4. The summed E-state index contributed by atoms with van der Waals surface area (Å²) in [5.41, 5.74) is 0. The molecular formula is C15H19Cl2N3O3S. The van der Waals surface area contributed by atoms with E-state index in [1.807, 2.05) is 0 Å². The van der Waals surface area contributed by atoms with Crippen LogP contribution in [0.5, 0.6) is 5.75 Å². The van der Waals surface area contributed by atoms with Crippen LogP contribution in [0.15, 0.2) is 29.3 Å². The van der Waals surface area contributed by atoms with Gasteiger partial charge in [0.15, 0.2) is 0 Å². The van der Waals surface area contributed by atoms with E-state index in [2.05, 4.69) is 10.3 Å². The Kier molecular flexibility index (Phi) is 6.28. The summed E-state index contributed by atoms with van der Waals surface area (Å²) >= 11 is 6.12. The van der Waals surface area contributed by atoms with E-state index in [0.717, 1.165) is 13.0 Å². The minimum absolute atomic E-state index is 0. The first-order valence-corrected chi connectivity index (χ1v) is 9.19. The zero-order valence-electron chi connectivity index (χ0n) is 13.2. The summed E-state index contributed by atoms with van der Waals surface area (Å²) < 4.78 is 33.2. The fourth-order valence-corrected chi connectivity index (χ4v) is 4.83. The van der Waals surface area contributed by atoms with Gasteiger partial charge in [-0.1, -0.05) is 11.6 Å². The van der Waals surface area contributed by atoms with Gasteiger partial charge in [-0.15, -0.1) is 12.4 Å². The lowest BCUT2D eigenvalue weighted by molar-refractivity contribution is 0.395. The Morgan fingerprint density at radius 1 is 1.21 bits per heavy atom. The predicted molar refractivity (Wildman–Crippen MR) is 96.8 cm³/mol. The summed E-state index contributed by atoms with van der Waals surface area (Å²) in [6.07, 6.45) is 2.28. The van der Waals surface area contributed by atoms with Crippen LogP contribution in [0.2, 0.25) is 5.15 Å². The molecule has 0 atom stereocenters. The van der Waals surface area contributed by atoms with Crippen LogP contribution in [0.3, 0.4) is 0 Å². The van der Waals surface area contributed by atoms with Crippen LogP contribution < -0.4 is 10.1 Å². The number of hydrogen-bond donors (Lipinski definition) is 1. The maximum Gasteiger partial charge on any atom is 0.247 e. The number of fused-ring (bicyclic) bond motifs is 1. The van der Waals surface area contributed by atoms with Gasteiger partial charge in [-0.2, -0.15) is 4.31 Å². The molecule has 3 rings (SSSR count). The van der Waals surface area contributed by atoms with Crippen molar-refractivity contribution < 1.29 is 13.2 Å². The Morgan fingerprint density at radius 2 is 2.00 bits per heavy atom. The SMILES string of the molecule is COc1ccc2c(Cl)nccc2c1S(=O)(=O)N1CCCNCC1.Cl. The topological polar surface area (TPSA) is 71.5 Å². The van der Waals surface area contributed by atoms with E-state index in [1.165, 1.54) is 17.6 Å². The van der Waals surface area contributed by atoms with Crippen molar-refractivity contribution in [1.82, 2.24) is 14.6 Å². The molecule has 2 heterocycles. The van der Waals surface area contributed by atoms with Crippen LogP contribution in [-0.2, 0) is 10.0 Å². The number of methoxy groups -OCH3 is 1. The average molecular weight is 392 g/mol. The zero-order valence-corrected chi connectivity index (χ0v) is 15.5. The van der Waals surface area contributed by atoms with Crippen LogP contribution >= 0.6 is 24.0 Å². The molecule has 2 aromatic rings. The summed E-state index contributed by atoms with van der Waals surface area (Å²) in [6.45, 7) is 2.36. The van der Waals surface area contributed by atoms with Gasteiger partial charge in [-0.05, 0) is 31.2 Å². The first kappa shape index (κ1) is 19.2. The number of sulfonamides is 1. The van der Waals surface area contributed by atoms with Crippen molar-refractivity contribution in [2.24, 2.45) is 0 Å². The van der Waals surface area contributed by atoms with Crippen molar-refractivity contribution in [2.45, 2.75) is 11.3 Å². The molecule has 9 heteroatoms. The van der Waals surface area contributed by atoms with Crippen molar-refractivity contribution >= 4 is 44.8 Å². The molecule has 1 aromatic carbocycles. The van der Waals surface area contributed by atoms with Gasteiger partial charge in [-0.3, -0.25) is 0 Å². The van der Waals surface area contributed by atoms with Crippen LogP contribution in [0, 0.1) is 0 Å². The molecule has 1 aliphatic heterocycles. The Bertz CT molecular complexity index is 822. The van der Waals surface area contributed by atoms with E-state index in [-0.39, 0.29) is 22.5 Å². The first-order valence-electron chi connectivity index (χ1n) is 7.38. The van der Waals surface area contributed by atoms with E-state index >= 15 is 0 Å². The van der Waals surface area contributed by atoms with Gasteiger partial charge >= 0.3 is 0 Å². The van der Waals surface area contributed by atoms with E-state index in [0.29, 0.717) is 36.2 Å². The normalized spacial score (nSPS) is 16.4. The molecule has 1 fully saturated rings. The molecule has 1 N–H and O–H groups in total. The van der Waals surface area contributed by atoms with Gasteiger partial charge in [0, 0.05) is 36.6 Å². The molecule has 1 aliphatic rings. The summed E-state index contributed by atoms with van der Waals surface area (Å²) in [5.74, 6) is 0.317. The lowest BCUT2D eigenvalue weighted by atomic mass is 10.2. The van der Waals surface area contributed by atoms with Crippen LogP contribution in [0.4, 0.5) is 0 Å². The van der Waals surface area contributed by atoms with Gasteiger partial charge < -0.3 is 10.1 Å². The summed E-state index contributed by atoms with van der Waals surface area (Å²) in [4.78, 5) is 4.18. The van der Waals surface area contributed by atoms with Crippen LogP contribution in [0.25, 0.3) is 10.8 Å². The van der Waals surface area contributed by atoms with Gasteiger partial charge in [0.05, 0.1) is 7.11 Å². The third kappa shape index (κ3) is 3.45. The maximum absolute atomic E-state index is 13.2. The van der Waals surface area contributed by atoms with E-state index < -0.39 is 10.0 Å². The second kappa shape index (κ2) is 7.84. The molecule has 0 unspecified atom stereocenters. The summed E-state index contributed by atoms with van der Waals surface area (Å²) in [6, 6.07) is 5.01. The number of nitrogens with one attached hydrogen (secondary N) is 1. The third-order valence-corrected chi connectivity index (χ3v) is 6.21. The standard InChI is InChI=1S/C15H18ClN3O3S.ClH/c1-22-13-4-3-12-11(5-7-18-15(12)16)14(13)23(20,21)19-9-2-6-17-8-10-19;/h3-5,7,17H,2,6,8-10H2,1H3;1H. The van der Waals surface area contributed by atoms with Crippen LogP contribution in [0.1, 0.15) is 6.42 Å². The number of rotatable bonds is 3. The second-order valence-corrected chi connectivity index (χ2v) is 7.53. The fraction of sp³-hybridized carbons (Fsp3) is 0.400. The molecule has 1 aromatic heterocycles. The lowest BCUT2D eigenvalue weighted by Crippen LogP contribution is -2.34. The molecule has 0 bridgehead atoms. The molecule has 0 amide bonds. The number of pyridine rings is 1. The Morgan fingerprint density at radius 3 is 2.75 bits per heavy atom. The molecule has 0 radical (unpaired) electrons. The van der Waals surface area contributed by atoms with Crippen molar-refractivity contribution in [3.8, 4) is 5.75 Å². The minimum atomic E-state index is -3.69. The quantitative estimate of drug-likeness (QED) is 0.812. The molecule has 0 aliphatic carbocycles. The van der Waals surface area contributed by atoms with Gasteiger partial charge in [0.25, 0.3) is 0 Å². The lowest BCUT2D eigenvalue weighted by Gasteiger charge is -2.22. The molecule has 0 spiro atoms. The smallest absolute Gasteiger partial charge is 0.247 e. The first-order chi connectivity index (χ1) is 11.1. The average Bonchev–Trinajstić information content (AvgIpc) is 2.83. The van der Waals surface area contributed by atoms with Crippen molar-refractivity contribution in [3.05, 3.63) is 29.5 Å². The molecular weight excluding hydrogens is 373 g/mol. The Hall–Kier alpha value is -1.12. The van der Waals surface area contributed by atoms with Crippen LogP contribution in [-0.4, -0.2) is 51.0 Å². The highest BCUT2D eigenvalue weighted by molar-refractivity contribution is 7.89. The monoisotopic (exact) mass is 391 g/mol. The molecule has 6 nitrogen and oxygen atoms in total. The number of nitrogens with zero attached hydrogens (tertiary/aromatic N) is 2. The minimum Gasteiger partial charge on any atom is -0.495 e. The highest BCUT2D eigenvalue weighted by Crippen LogP contribution is 2.36.